The summed E-state index contributed by atoms with van der Waals surface area (Å²) in [4.78, 5) is 23.0. The van der Waals surface area contributed by atoms with Crippen molar-refractivity contribution in [1.29, 1.82) is 0 Å². The van der Waals surface area contributed by atoms with Crippen molar-refractivity contribution in [1.82, 2.24) is 0 Å². The third-order valence-corrected chi connectivity index (χ3v) is 3.22. The summed E-state index contributed by atoms with van der Waals surface area (Å²) >= 11 is 0. The van der Waals surface area contributed by atoms with Gasteiger partial charge in [0.05, 0.1) is 5.69 Å². The van der Waals surface area contributed by atoms with Crippen LogP contribution in [0.15, 0.2) is 42.5 Å². The van der Waals surface area contributed by atoms with E-state index in [1.165, 1.54) is 6.07 Å². The number of carboxylic acid groups (broad SMARTS) is 1. The first-order valence-electron chi connectivity index (χ1n) is 7.04. The van der Waals surface area contributed by atoms with Gasteiger partial charge < -0.3 is 9.84 Å². The van der Waals surface area contributed by atoms with Crippen molar-refractivity contribution in [2.75, 3.05) is 5.32 Å². The Morgan fingerprint density at radius 1 is 1.17 bits per heavy atom. The molecule has 1 amide bonds. The van der Waals surface area contributed by atoms with Gasteiger partial charge in [0, 0.05) is 0 Å². The number of aromatic carboxylic acids is 1. The molecule has 0 saturated heterocycles. The number of carboxylic acids is 1. The van der Waals surface area contributed by atoms with Crippen LogP contribution >= 0.6 is 0 Å². The maximum absolute atomic E-state index is 13.9. The minimum atomic E-state index is -1.46. The Labute approximate surface area is 132 Å². The molecule has 0 unspecified atom stereocenters. The summed E-state index contributed by atoms with van der Waals surface area (Å²) in [6.07, 6.45) is -0.339. The number of amides is 1. The molecule has 0 saturated carbocycles. The molecule has 2 N–H and O–H groups in total. The van der Waals surface area contributed by atoms with Crippen LogP contribution in [0.4, 0.5) is 14.9 Å². The zero-order chi connectivity index (χ0) is 16.8. The summed E-state index contributed by atoms with van der Waals surface area (Å²) in [6, 6.07) is 11.6. The fourth-order valence-corrected chi connectivity index (χ4v) is 2.05. The Morgan fingerprint density at radius 3 is 2.48 bits per heavy atom. The number of benzene rings is 2. The second kappa shape index (κ2) is 7.40. The van der Waals surface area contributed by atoms with E-state index in [2.05, 4.69) is 5.32 Å². The summed E-state index contributed by atoms with van der Waals surface area (Å²) in [7, 11) is 0. The van der Waals surface area contributed by atoms with Gasteiger partial charge in [-0.3, -0.25) is 5.32 Å². The van der Waals surface area contributed by atoms with Gasteiger partial charge in [0.15, 0.2) is 0 Å². The average Bonchev–Trinajstić information content (AvgIpc) is 2.53. The van der Waals surface area contributed by atoms with Crippen LogP contribution in [0.5, 0.6) is 0 Å². The number of anilines is 1. The van der Waals surface area contributed by atoms with E-state index in [0.717, 1.165) is 11.6 Å². The van der Waals surface area contributed by atoms with Crippen LogP contribution in [0, 0.1) is 5.82 Å². The van der Waals surface area contributed by atoms with Crippen LogP contribution in [0.3, 0.4) is 0 Å². The van der Waals surface area contributed by atoms with Gasteiger partial charge in [-0.05, 0) is 29.7 Å². The average molecular weight is 317 g/mol. The Kier molecular flexibility index (Phi) is 5.30. The molecule has 23 heavy (non-hydrogen) atoms. The van der Waals surface area contributed by atoms with E-state index >= 15 is 0 Å². The van der Waals surface area contributed by atoms with E-state index in [4.69, 9.17) is 9.84 Å². The first-order chi connectivity index (χ1) is 11.0. The third kappa shape index (κ3) is 4.29. The highest BCUT2D eigenvalue weighted by atomic mass is 19.1. The maximum atomic E-state index is 13.9. The zero-order valence-corrected chi connectivity index (χ0v) is 12.5. The predicted molar refractivity (Wildman–Crippen MR) is 83.0 cm³/mol. The van der Waals surface area contributed by atoms with Gasteiger partial charge >= 0.3 is 12.1 Å². The number of carbonyl (C=O) groups is 2. The molecule has 0 aliphatic heterocycles. The lowest BCUT2D eigenvalue weighted by Crippen LogP contribution is -2.17. The van der Waals surface area contributed by atoms with Crippen LogP contribution in [0.1, 0.15) is 28.4 Å². The van der Waals surface area contributed by atoms with Crippen molar-refractivity contribution < 1.29 is 23.8 Å². The van der Waals surface area contributed by atoms with E-state index in [1.807, 2.05) is 6.07 Å². The Bertz CT molecular complexity index is 716. The predicted octanol–water partition coefficient (Wildman–Crippen LogP) is 3.84. The van der Waals surface area contributed by atoms with Crippen molar-refractivity contribution in [3.63, 3.8) is 0 Å². The fraction of sp³-hybridized carbons (Fsp3) is 0.176. The maximum Gasteiger partial charge on any atom is 0.411 e. The second-order valence-electron chi connectivity index (χ2n) is 4.85. The van der Waals surface area contributed by atoms with Crippen molar-refractivity contribution in [3.8, 4) is 0 Å². The highest BCUT2D eigenvalue weighted by Crippen LogP contribution is 2.22. The number of nitrogens with one attached hydrogen (secondary N) is 1. The third-order valence-electron chi connectivity index (χ3n) is 3.22. The molecule has 0 heterocycles. The normalized spacial score (nSPS) is 10.2. The number of hydrogen-bond donors (Lipinski definition) is 2. The number of carbonyl (C=O) groups excluding carboxylic acids is 1. The molecule has 0 spiro atoms. The SMILES string of the molecule is CCc1cc(F)c(C(=O)O)c(NC(=O)OCc2ccccc2)c1. The van der Waals surface area contributed by atoms with Crippen LogP contribution < -0.4 is 5.32 Å². The molecule has 0 aromatic heterocycles. The summed E-state index contributed by atoms with van der Waals surface area (Å²) in [6.45, 7) is 1.83. The largest absolute Gasteiger partial charge is 0.478 e. The second-order valence-corrected chi connectivity index (χ2v) is 4.85. The number of hydrogen-bond acceptors (Lipinski definition) is 3. The number of ether oxygens (including phenoxy) is 1. The van der Waals surface area contributed by atoms with Crippen LogP contribution in [-0.2, 0) is 17.8 Å². The van der Waals surface area contributed by atoms with Gasteiger partial charge in [0.2, 0.25) is 0 Å². The highest BCUT2D eigenvalue weighted by molar-refractivity contribution is 5.99. The standard InChI is InChI=1S/C17H16FNO4/c1-2-11-8-13(18)15(16(20)21)14(9-11)19-17(22)23-10-12-6-4-3-5-7-12/h3-9H,2,10H2,1H3,(H,19,22)(H,20,21). The lowest BCUT2D eigenvalue weighted by atomic mass is 10.1. The molecule has 0 aliphatic rings. The number of aryl methyl sites for hydroxylation is 1. The molecule has 0 radical (unpaired) electrons. The first-order valence-corrected chi connectivity index (χ1v) is 7.04. The minimum Gasteiger partial charge on any atom is -0.478 e. The van der Waals surface area contributed by atoms with Crippen molar-refractivity contribution in [2.24, 2.45) is 0 Å². The Hall–Kier alpha value is -2.89. The van der Waals surface area contributed by atoms with Gasteiger partial charge in [-0.15, -0.1) is 0 Å². The number of rotatable bonds is 5. The summed E-state index contributed by atoms with van der Waals surface area (Å²) in [5, 5.41) is 11.4. The molecule has 0 bridgehead atoms. The van der Waals surface area contributed by atoms with Crippen LogP contribution in [0.25, 0.3) is 0 Å². The van der Waals surface area contributed by atoms with Crippen molar-refractivity contribution in [2.45, 2.75) is 20.0 Å². The topological polar surface area (TPSA) is 75.6 Å². The minimum absolute atomic E-state index is 0.0328. The van der Waals surface area contributed by atoms with Crippen LogP contribution in [0.2, 0.25) is 0 Å². The molecule has 2 rings (SSSR count). The summed E-state index contributed by atoms with van der Waals surface area (Å²) in [5.41, 5.74) is 0.659. The summed E-state index contributed by atoms with van der Waals surface area (Å²) in [5.74, 6) is -2.35. The molecular formula is C17H16FNO4. The van der Waals surface area contributed by atoms with Gasteiger partial charge in [-0.1, -0.05) is 37.3 Å². The van der Waals surface area contributed by atoms with Crippen LogP contribution in [-0.4, -0.2) is 17.2 Å². The monoisotopic (exact) mass is 317 g/mol. The lowest BCUT2D eigenvalue weighted by Gasteiger charge is -2.11. The van der Waals surface area contributed by atoms with Gasteiger partial charge in [0.25, 0.3) is 0 Å². The van der Waals surface area contributed by atoms with E-state index in [0.29, 0.717) is 12.0 Å². The van der Waals surface area contributed by atoms with Gasteiger partial charge in [0.1, 0.15) is 18.0 Å². The molecule has 0 fully saturated rings. The zero-order valence-electron chi connectivity index (χ0n) is 12.5. The first kappa shape index (κ1) is 16.5. The lowest BCUT2D eigenvalue weighted by molar-refractivity contribution is 0.0693. The summed E-state index contributed by atoms with van der Waals surface area (Å²) < 4.78 is 18.9. The molecule has 120 valence electrons. The molecule has 5 nitrogen and oxygen atoms in total. The van der Waals surface area contributed by atoms with Gasteiger partial charge in [-0.2, -0.15) is 0 Å². The number of halogens is 1. The van der Waals surface area contributed by atoms with E-state index in [-0.39, 0.29) is 12.3 Å². The van der Waals surface area contributed by atoms with Crippen molar-refractivity contribution in [3.05, 3.63) is 65.0 Å². The molecule has 0 aliphatic carbocycles. The Balaban J connectivity index is 2.13. The van der Waals surface area contributed by atoms with E-state index in [9.17, 15) is 14.0 Å². The highest BCUT2D eigenvalue weighted by Gasteiger charge is 2.19. The molecule has 2 aromatic rings. The van der Waals surface area contributed by atoms with Crippen molar-refractivity contribution >= 4 is 17.7 Å². The van der Waals surface area contributed by atoms with E-state index < -0.39 is 23.4 Å². The van der Waals surface area contributed by atoms with Gasteiger partial charge in [-0.25, -0.2) is 14.0 Å². The molecule has 0 atom stereocenters. The molecular weight excluding hydrogens is 301 g/mol. The smallest absolute Gasteiger partial charge is 0.411 e. The Morgan fingerprint density at radius 2 is 1.87 bits per heavy atom. The molecule has 2 aromatic carbocycles. The fourth-order valence-electron chi connectivity index (χ4n) is 2.05. The van der Waals surface area contributed by atoms with E-state index in [1.54, 1.807) is 31.2 Å². The molecule has 6 heteroatoms. The quantitative estimate of drug-likeness (QED) is 0.878.